The molecule has 0 bridgehead atoms. The first kappa shape index (κ1) is 21.8. The van der Waals surface area contributed by atoms with Gasteiger partial charge in [-0.25, -0.2) is 13.4 Å². The topological polar surface area (TPSA) is 64.4 Å². The van der Waals surface area contributed by atoms with Crippen molar-refractivity contribution in [1.82, 2.24) is 14.5 Å². The lowest BCUT2D eigenvalue weighted by atomic mass is 9.91. The number of nitrogens with zero attached hydrogens (tertiary/aromatic N) is 3. The van der Waals surface area contributed by atoms with Crippen LogP contribution in [0.15, 0.2) is 11.4 Å². The van der Waals surface area contributed by atoms with E-state index in [0.29, 0.717) is 19.2 Å². The molecule has 0 radical (unpaired) electrons. The molecule has 0 aromatic carbocycles. The summed E-state index contributed by atoms with van der Waals surface area (Å²) in [5, 5.41) is 0.246. The standard InChI is InChI=1S/C21H37N3O3S/c1-3-19-11-7-8-12-23(19)16-20-15-22-21(24(20)13-14-27-2)28(25,26)17-18-9-5-4-6-10-18/h15,18-19H,3-14,16-17H2,1-2H3. The number of sulfone groups is 1. The molecule has 1 aromatic rings. The number of imidazole rings is 1. The van der Waals surface area contributed by atoms with Crippen molar-refractivity contribution in [2.45, 2.75) is 89.0 Å². The largest absolute Gasteiger partial charge is 0.383 e. The highest BCUT2D eigenvalue weighted by atomic mass is 32.2. The molecule has 160 valence electrons. The number of hydrogen-bond acceptors (Lipinski definition) is 5. The monoisotopic (exact) mass is 411 g/mol. The second-order valence-electron chi connectivity index (χ2n) is 8.49. The smallest absolute Gasteiger partial charge is 0.227 e. The molecule has 0 amide bonds. The van der Waals surface area contributed by atoms with Crippen molar-refractivity contribution in [2.75, 3.05) is 26.0 Å². The summed E-state index contributed by atoms with van der Waals surface area (Å²) in [4.78, 5) is 6.92. The van der Waals surface area contributed by atoms with Gasteiger partial charge >= 0.3 is 0 Å². The van der Waals surface area contributed by atoms with E-state index < -0.39 is 9.84 Å². The van der Waals surface area contributed by atoms with Gasteiger partial charge < -0.3 is 9.30 Å². The van der Waals surface area contributed by atoms with Gasteiger partial charge in [0.25, 0.3) is 0 Å². The second kappa shape index (κ2) is 10.2. The third-order valence-electron chi connectivity index (χ3n) is 6.46. The van der Waals surface area contributed by atoms with E-state index in [-0.39, 0.29) is 16.8 Å². The molecule has 2 fully saturated rings. The zero-order valence-electron chi connectivity index (χ0n) is 17.6. The first-order valence-electron chi connectivity index (χ1n) is 11.0. The molecule has 0 spiro atoms. The van der Waals surface area contributed by atoms with E-state index in [4.69, 9.17) is 4.74 Å². The van der Waals surface area contributed by atoms with Gasteiger partial charge in [0.1, 0.15) is 0 Å². The zero-order chi connectivity index (χ0) is 20.0. The van der Waals surface area contributed by atoms with E-state index in [1.807, 2.05) is 4.57 Å². The van der Waals surface area contributed by atoms with Gasteiger partial charge in [0.2, 0.25) is 15.0 Å². The zero-order valence-corrected chi connectivity index (χ0v) is 18.4. The average Bonchev–Trinajstić information content (AvgIpc) is 3.10. The lowest BCUT2D eigenvalue weighted by Gasteiger charge is -2.35. The highest BCUT2D eigenvalue weighted by molar-refractivity contribution is 7.91. The van der Waals surface area contributed by atoms with Crippen LogP contribution in [0.2, 0.25) is 0 Å². The van der Waals surface area contributed by atoms with Gasteiger partial charge in [-0.1, -0.05) is 32.6 Å². The Morgan fingerprint density at radius 3 is 2.61 bits per heavy atom. The third kappa shape index (κ3) is 5.36. The number of methoxy groups -OCH3 is 1. The predicted molar refractivity (Wildman–Crippen MR) is 111 cm³/mol. The van der Waals surface area contributed by atoms with Crippen LogP contribution in [0.3, 0.4) is 0 Å². The number of rotatable bonds is 9. The van der Waals surface area contributed by atoms with Crippen LogP contribution < -0.4 is 0 Å². The van der Waals surface area contributed by atoms with Gasteiger partial charge in [-0.15, -0.1) is 0 Å². The van der Waals surface area contributed by atoms with Crippen LogP contribution in [-0.2, 0) is 27.7 Å². The summed E-state index contributed by atoms with van der Waals surface area (Å²) >= 11 is 0. The minimum absolute atomic E-state index is 0.234. The maximum atomic E-state index is 13.2. The van der Waals surface area contributed by atoms with Crippen LogP contribution in [-0.4, -0.2) is 54.9 Å². The molecule has 7 heteroatoms. The molecule has 1 aliphatic carbocycles. The van der Waals surface area contributed by atoms with Crippen molar-refractivity contribution in [3.05, 3.63) is 11.9 Å². The van der Waals surface area contributed by atoms with E-state index in [9.17, 15) is 8.42 Å². The highest BCUT2D eigenvalue weighted by Crippen LogP contribution is 2.28. The quantitative estimate of drug-likeness (QED) is 0.621. The molecule has 0 N–H and O–H groups in total. The Kier molecular flexibility index (Phi) is 7.94. The van der Waals surface area contributed by atoms with Gasteiger partial charge in [0, 0.05) is 26.2 Å². The van der Waals surface area contributed by atoms with Crippen LogP contribution in [0.5, 0.6) is 0 Å². The highest BCUT2D eigenvalue weighted by Gasteiger charge is 2.29. The van der Waals surface area contributed by atoms with Crippen molar-refractivity contribution in [1.29, 1.82) is 0 Å². The lowest BCUT2D eigenvalue weighted by molar-refractivity contribution is 0.130. The van der Waals surface area contributed by atoms with Gasteiger partial charge in [0.05, 0.1) is 24.3 Å². The Bertz CT molecular complexity index is 710. The van der Waals surface area contributed by atoms with E-state index in [1.54, 1.807) is 13.3 Å². The van der Waals surface area contributed by atoms with Gasteiger partial charge in [-0.3, -0.25) is 4.90 Å². The van der Waals surface area contributed by atoms with E-state index >= 15 is 0 Å². The first-order chi connectivity index (χ1) is 13.5. The van der Waals surface area contributed by atoms with Crippen LogP contribution in [0.4, 0.5) is 0 Å². The Labute approximate surface area is 170 Å². The molecule has 1 aliphatic heterocycles. The summed E-state index contributed by atoms with van der Waals surface area (Å²) in [5.41, 5.74) is 1.000. The maximum Gasteiger partial charge on any atom is 0.227 e. The van der Waals surface area contributed by atoms with Crippen molar-refractivity contribution in [2.24, 2.45) is 5.92 Å². The summed E-state index contributed by atoms with van der Waals surface area (Å²) in [7, 11) is -1.72. The van der Waals surface area contributed by atoms with Gasteiger partial charge in [-0.2, -0.15) is 0 Å². The SMILES string of the molecule is CCC1CCCCN1Cc1cnc(S(=O)(=O)CC2CCCCC2)n1CCOC. The molecule has 2 heterocycles. The number of piperidine rings is 1. The third-order valence-corrected chi connectivity index (χ3v) is 8.26. The normalized spacial score (nSPS) is 22.6. The maximum absolute atomic E-state index is 13.2. The Morgan fingerprint density at radius 1 is 1.14 bits per heavy atom. The fourth-order valence-electron chi connectivity index (χ4n) is 4.87. The Balaban J connectivity index is 1.80. The van der Waals surface area contributed by atoms with Crippen LogP contribution in [0, 0.1) is 5.92 Å². The first-order valence-corrected chi connectivity index (χ1v) is 12.7. The predicted octanol–water partition coefficient (Wildman–Crippen LogP) is 3.65. The van der Waals surface area contributed by atoms with Crippen LogP contribution >= 0.6 is 0 Å². The lowest BCUT2D eigenvalue weighted by Crippen LogP contribution is -2.39. The van der Waals surface area contributed by atoms with Gasteiger partial charge in [0.15, 0.2) is 0 Å². The second-order valence-corrected chi connectivity index (χ2v) is 10.4. The summed E-state index contributed by atoms with van der Waals surface area (Å²) in [6.07, 6.45) is 12.2. The van der Waals surface area contributed by atoms with Crippen LogP contribution in [0.1, 0.15) is 70.4 Å². The molecule has 28 heavy (non-hydrogen) atoms. The molecule has 1 saturated heterocycles. The summed E-state index contributed by atoms with van der Waals surface area (Å²) in [6, 6.07) is 0.585. The molecule has 1 atom stereocenters. The average molecular weight is 412 g/mol. The molecule has 6 nitrogen and oxygen atoms in total. The fraction of sp³-hybridized carbons (Fsp3) is 0.857. The van der Waals surface area contributed by atoms with Crippen LogP contribution in [0.25, 0.3) is 0 Å². The molecular weight excluding hydrogens is 374 g/mol. The number of aromatic nitrogens is 2. The van der Waals surface area contributed by atoms with Crippen molar-refractivity contribution in [3.8, 4) is 0 Å². The molecule has 1 saturated carbocycles. The Hall–Kier alpha value is -0.920. The van der Waals surface area contributed by atoms with E-state index in [0.717, 1.165) is 50.9 Å². The molecular formula is C21H37N3O3S. The number of hydrogen-bond donors (Lipinski definition) is 0. The van der Waals surface area contributed by atoms with Crippen molar-refractivity contribution < 1.29 is 13.2 Å². The summed E-state index contributed by atoms with van der Waals surface area (Å²) in [6.45, 7) is 5.12. The summed E-state index contributed by atoms with van der Waals surface area (Å²) in [5.74, 6) is 0.513. The minimum atomic E-state index is -3.38. The molecule has 3 rings (SSSR count). The van der Waals surface area contributed by atoms with E-state index in [1.165, 1.54) is 25.7 Å². The molecule has 1 unspecified atom stereocenters. The minimum Gasteiger partial charge on any atom is -0.383 e. The number of likely N-dealkylation sites (tertiary alicyclic amines) is 1. The Morgan fingerprint density at radius 2 is 1.89 bits per heavy atom. The fourth-order valence-corrected chi connectivity index (χ4v) is 6.73. The number of ether oxygens (including phenoxy) is 1. The van der Waals surface area contributed by atoms with E-state index in [2.05, 4.69) is 16.8 Å². The molecule has 2 aliphatic rings. The summed E-state index contributed by atoms with van der Waals surface area (Å²) < 4.78 is 33.5. The van der Waals surface area contributed by atoms with Gasteiger partial charge in [-0.05, 0) is 44.6 Å². The van der Waals surface area contributed by atoms with Crippen molar-refractivity contribution in [3.63, 3.8) is 0 Å². The molecule has 1 aromatic heterocycles. The van der Waals surface area contributed by atoms with Crippen molar-refractivity contribution >= 4 is 9.84 Å².